The van der Waals surface area contributed by atoms with Crippen molar-refractivity contribution < 1.29 is 0 Å². The summed E-state index contributed by atoms with van der Waals surface area (Å²) in [6.07, 6.45) is 1.92. The Morgan fingerprint density at radius 2 is 1.23 bits per heavy atom. The predicted octanol–water partition coefficient (Wildman–Crippen LogP) is 9.01. The van der Waals surface area contributed by atoms with E-state index in [0.29, 0.717) is 0 Å². The first-order valence-corrected chi connectivity index (χ1v) is 12.3. The molecule has 0 saturated carbocycles. The van der Waals surface area contributed by atoms with Crippen LogP contribution in [0.2, 0.25) is 0 Å². The highest BCUT2D eigenvalue weighted by Crippen LogP contribution is 2.54. The minimum absolute atomic E-state index is 0.0211. The quantitative estimate of drug-likeness (QED) is 0.230. The molecule has 0 radical (unpaired) electrons. The average molecular weight is 446 g/mol. The van der Waals surface area contributed by atoms with Gasteiger partial charge in [0.25, 0.3) is 0 Å². The summed E-state index contributed by atoms with van der Waals surface area (Å²) in [5.74, 6) is 0. The maximum absolute atomic E-state index is 4.84. The molecule has 35 heavy (non-hydrogen) atoms. The van der Waals surface area contributed by atoms with Gasteiger partial charge in [-0.05, 0) is 67.2 Å². The molecule has 0 amide bonds. The van der Waals surface area contributed by atoms with Crippen LogP contribution in [-0.4, -0.2) is 4.98 Å². The molecule has 2 aliphatic rings. The van der Waals surface area contributed by atoms with Gasteiger partial charge in [0.15, 0.2) is 0 Å². The molecule has 6 aromatic rings. The number of fused-ring (bicyclic) bond motifs is 8. The Balaban J connectivity index is 1.50. The summed E-state index contributed by atoms with van der Waals surface area (Å²) < 4.78 is 0. The maximum Gasteiger partial charge on any atom is 0.0793 e. The highest BCUT2D eigenvalue weighted by molar-refractivity contribution is 6.28. The van der Waals surface area contributed by atoms with Gasteiger partial charge in [-0.3, -0.25) is 4.98 Å². The van der Waals surface area contributed by atoms with Crippen molar-refractivity contribution in [3.63, 3.8) is 0 Å². The fraction of sp³-hybridized carbons (Fsp3) is 0.0882. The van der Waals surface area contributed by atoms with E-state index in [1.54, 1.807) is 0 Å². The topological polar surface area (TPSA) is 12.9 Å². The SMILES string of the molecule is CC1(C)c2ccccc2-c2ccc(-c3c4ccccc4c4c5c(cccc35)-c3cccnc3-4)cc21. The Morgan fingerprint density at radius 1 is 0.543 bits per heavy atom. The Hall–Kier alpha value is -4.23. The summed E-state index contributed by atoms with van der Waals surface area (Å²) >= 11 is 0. The Morgan fingerprint density at radius 3 is 2.11 bits per heavy atom. The first-order chi connectivity index (χ1) is 17.1. The van der Waals surface area contributed by atoms with E-state index in [1.807, 2.05) is 12.3 Å². The van der Waals surface area contributed by atoms with E-state index in [4.69, 9.17) is 4.98 Å². The monoisotopic (exact) mass is 445 g/mol. The lowest BCUT2D eigenvalue weighted by atomic mass is 9.81. The number of hydrogen-bond acceptors (Lipinski definition) is 1. The van der Waals surface area contributed by atoms with Crippen LogP contribution in [0.3, 0.4) is 0 Å². The smallest absolute Gasteiger partial charge is 0.0793 e. The number of benzene rings is 5. The van der Waals surface area contributed by atoms with Gasteiger partial charge in [0.1, 0.15) is 0 Å². The third kappa shape index (κ3) is 2.31. The first-order valence-electron chi connectivity index (χ1n) is 12.3. The average Bonchev–Trinajstić information content (AvgIpc) is 3.35. The van der Waals surface area contributed by atoms with Crippen LogP contribution >= 0.6 is 0 Å². The molecular formula is C34H23N. The lowest BCUT2D eigenvalue weighted by molar-refractivity contribution is 0.660. The van der Waals surface area contributed by atoms with Gasteiger partial charge < -0.3 is 0 Å². The molecule has 5 aromatic carbocycles. The fourth-order valence-electron chi connectivity index (χ4n) is 6.69. The summed E-state index contributed by atoms with van der Waals surface area (Å²) in [6, 6.07) is 35.8. The zero-order valence-corrected chi connectivity index (χ0v) is 19.8. The normalized spacial score (nSPS) is 14.2. The van der Waals surface area contributed by atoms with E-state index in [-0.39, 0.29) is 5.41 Å². The second kappa shape index (κ2) is 6.46. The molecule has 0 bridgehead atoms. The zero-order chi connectivity index (χ0) is 23.3. The van der Waals surface area contributed by atoms with Crippen molar-refractivity contribution in [2.75, 3.05) is 0 Å². The van der Waals surface area contributed by atoms with Gasteiger partial charge in [-0.25, -0.2) is 0 Å². The van der Waals surface area contributed by atoms with Crippen molar-refractivity contribution in [3.05, 3.63) is 114 Å². The highest BCUT2D eigenvalue weighted by Gasteiger charge is 2.35. The van der Waals surface area contributed by atoms with Crippen LogP contribution in [0, 0.1) is 0 Å². The van der Waals surface area contributed by atoms with Gasteiger partial charge in [-0.15, -0.1) is 0 Å². The van der Waals surface area contributed by atoms with Gasteiger partial charge in [0, 0.05) is 28.1 Å². The van der Waals surface area contributed by atoms with Crippen molar-refractivity contribution in [1.82, 2.24) is 4.98 Å². The van der Waals surface area contributed by atoms with E-state index in [9.17, 15) is 0 Å². The molecule has 1 nitrogen and oxygen atoms in total. The predicted molar refractivity (Wildman–Crippen MR) is 147 cm³/mol. The van der Waals surface area contributed by atoms with Crippen LogP contribution in [0.5, 0.6) is 0 Å². The van der Waals surface area contributed by atoms with Crippen molar-refractivity contribution >= 4 is 21.5 Å². The molecule has 0 fully saturated rings. The van der Waals surface area contributed by atoms with E-state index in [1.165, 1.54) is 71.6 Å². The Bertz CT molecular complexity index is 1870. The van der Waals surface area contributed by atoms with E-state index < -0.39 is 0 Å². The fourth-order valence-corrected chi connectivity index (χ4v) is 6.69. The summed E-state index contributed by atoms with van der Waals surface area (Å²) in [7, 11) is 0. The minimum Gasteiger partial charge on any atom is -0.256 e. The van der Waals surface area contributed by atoms with Crippen LogP contribution in [0.15, 0.2) is 103 Å². The van der Waals surface area contributed by atoms with Crippen LogP contribution in [0.1, 0.15) is 25.0 Å². The van der Waals surface area contributed by atoms with Crippen molar-refractivity contribution in [2.24, 2.45) is 0 Å². The molecule has 0 unspecified atom stereocenters. The number of pyridine rings is 1. The van der Waals surface area contributed by atoms with Crippen LogP contribution < -0.4 is 0 Å². The van der Waals surface area contributed by atoms with Crippen LogP contribution in [0.25, 0.3) is 66.2 Å². The molecule has 0 spiro atoms. The molecule has 2 aliphatic carbocycles. The largest absolute Gasteiger partial charge is 0.256 e. The summed E-state index contributed by atoms with van der Waals surface area (Å²) in [4.78, 5) is 4.84. The minimum atomic E-state index is -0.0211. The molecule has 0 N–H and O–H groups in total. The summed E-state index contributed by atoms with van der Waals surface area (Å²) in [5.41, 5.74) is 13.1. The molecule has 1 heterocycles. The van der Waals surface area contributed by atoms with Gasteiger partial charge in [0.2, 0.25) is 0 Å². The summed E-state index contributed by atoms with van der Waals surface area (Å²) in [6.45, 7) is 4.71. The lowest BCUT2D eigenvalue weighted by Gasteiger charge is -2.22. The van der Waals surface area contributed by atoms with Gasteiger partial charge in [-0.1, -0.05) is 98.8 Å². The van der Waals surface area contributed by atoms with E-state index in [2.05, 4.69) is 105 Å². The maximum atomic E-state index is 4.84. The molecule has 1 aromatic heterocycles. The lowest BCUT2D eigenvalue weighted by Crippen LogP contribution is -2.14. The molecule has 8 rings (SSSR count). The zero-order valence-electron chi connectivity index (χ0n) is 19.8. The van der Waals surface area contributed by atoms with Gasteiger partial charge in [0.05, 0.1) is 5.69 Å². The Kier molecular flexibility index (Phi) is 3.53. The second-order valence-corrected chi connectivity index (χ2v) is 10.4. The molecule has 0 saturated heterocycles. The van der Waals surface area contributed by atoms with Gasteiger partial charge >= 0.3 is 0 Å². The van der Waals surface area contributed by atoms with Crippen molar-refractivity contribution in [2.45, 2.75) is 19.3 Å². The van der Waals surface area contributed by atoms with E-state index in [0.717, 1.165) is 5.69 Å². The molecule has 1 heteroatoms. The second-order valence-electron chi connectivity index (χ2n) is 10.4. The molecule has 0 aliphatic heterocycles. The number of hydrogen-bond donors (Lipinski definition) is 0. The van der Waals surface area contributed by atoms with Crippen molar-refractivity contribution in [1.29, 1.82) is 0 Å². The summed E-state index contributed by atoms with van der Waals surface area (Å²) in [5, 5.41) is 5.21. The van der Waals surface area contributed by atoms with E-state index >= 15 is 0 Å². The van der Waals surface area contributed by atoms with Crippen molar-refractivity contribution in [3.8, 4) is 44.6 Å². The highest BCUT2D eigenvalue weighted by atomic mass is 14.7. The van der Waals surface area contributed by atoms with Crippen LogP contribution in [-0.2, 0) is 5.41 Å². The number of aromatic nitrogens is 1. The number of rotatable bonds is 1. The number of nitrogens with zero attached hydrogens (tertiary/aromatic N) is 1. The standard InChI is InChI=1S/C34H23N/c1-34(2)28-15-6-5-9-21(28)22-17-16-20(19-29(22)34)30-23-10-3-4-11-24(23)32-31-25(12-7-13-27(30)31)26-14-8-18-35-33(26)32/h3-19H,1-2H3. The Labute approximate surface area is 204 Å². The third-order valence-electron chi connectivity index (χ3n) is 8.26. The van der Waals surface area contributed by atoms with Crippen LogP contribution in [0.4, 0.5) is 0 Å². The molecule has 164 valence electrons. The molecular weight excluding hydrogens is 422 g/mol. The third-order valence-corrected chi connectivity index (χ3v) is 8.26. The first kappa shape index (κ1) is 19.1. The molecule has 0 atom stereocenters. The van der Waals surface area contributed by atoms with Gasteiger partial charge in [-0.2, -0.15) is 0 Å².